The SMILES string of the molecule is CS(=O)(=O)c1ccc2nc(NC(=O)[C@@H](Sc3ccccc3)c3ccccc3)sc2c1. The van der Waals surface area contributed by atoms with E-state index >= 15 is 0 Å². The standard InChI is InChI=1S/C22H18N2O3S3/c1-30(26,27)17-12-13-18-19(14-17)29-22(23-18)24-21(25)20(15-8-4-2-5-9-15)28-16-10-6-3-7-11-16/h2-14,20H,1H3,(H,23,24,25)/t20-/m0/s1. The zero-order valence-electron chi connectivity index (χ0n) is 16.0. The summed E-state index contributed by atoms with van der Waals surface area (Å²) in [4.78, 5) is 18.8. The molecule has 0 bridgehead atoms. The molecule has 1 N–H and O–H groups in total. The van der Waals surface area contributed by atoms with Gasteiger partial charge in [-0.05, 0) is 35.9 Å². The summed E-state index contributed by atoms with van der Waals surface area (Å²) in [6, 6.07) is 24.1. The van der Waals surface area contributed by atoms with Crippen LogP contribution in [0.25, 0.3) is 10.2 Å². The van der Waals surface area contributed by atoms with Crippen LogP contribution in [-0.2, 0) is 14.6 Å². The topological polar surface area (TPSA) is 76.1 Å². The molecule has 0 spiro atoms. The van der Waals surface area contributed by atoms with E-state index in [1.165, 1.54) is 35.4 Å². The lowest BCUT2D eigenvalue weighted by Crippen LogP contribution is -2.18. The molecule has 5 nitrogen and oxygen atoms in total. The van der Waals surface area contributed by atoms with Crippen LogP contribution in [0, 0.1) is 0 Å². The highest BCUT2D eigenvalue weighted by Crippen LogP contribution is 2.37. The average molecular weight is 455 g/mol. The van der Waals surface area contributed by atoms with Crippen molar-refractivity contribution in [3.63, 3.8) is 0 Å². The molecule has 152 valence electrons. The minimum atomic E-state index is -3.30. The summed E-state index contributed by atoms with van der Waals surface area (Å²) in [6.45, 7) is 0. The lowest BCUT2D eigenvalue weighted by atomic mass is 10.1. The van der Waals surface area contributed by atoms with E-state index in [4.69, 9.17) is 0 Å². The zero-order chi connectivity index (χ0) is 21.1. The molecule has 0 fully saturated rings. The molecule has 4 aromatic rings. The largest absolute Gasteiger partial charge is 0.301 e. The van der Waals surface area contributed by atoms with Crippen LogP contribution in [0.3, 0.4) is 0 Å². The van der Waals surface area contributed by atoms with E-state index in [2.05, 4.69) is 10.3 Å². The highest BCUT2D eigenvalue weighted by atomic mass is 32.2. The number of aromatic nitrogens is 1. The van der Waals surface area contributed by atoms with Crippen molar-refractivity contribution in [2.24, 2.45) is 0 Å². The fraction of sp³-hybridized carbons (Fsp3) is 0.0909. The van der Waals surface area contributed by atoms with Gasteiger partial charge in [0.05, 0.1) is 15.1 Å². The number of nitrogens with one attached hydrogen (secondary N) is 1. The maximum Gasteiger partial charge on any atom is 0.244 e. The summed E-state index contributed by atoms with van der Waals surface area (Å²) in [5.41, 5.74) is 1.54. The smallest absolute Gasteiger partial charge is 0.244 e. The molecule has 1 amide bonds. The fourth-order valence-electron chi connectivity index (χ4n) is 2.90. The zero-order valence-corrected chi connectivity index (χ0v) is 18.4. The second-order valence-electron chi connectivity index (χ2n) is 6.63. The van der Waals surface area contributed by atoms with E-state index in [-0.39, 0.29) is 10.8 Å². The molecule has 1 atom stereocenters. The van der Waals surface area contributed by atoms with E-state index in [1.807, 2.05) is 60.7 Å². The van der Waals surface area contributed by atoms with Crippen molar-refractivity contribution in [2.45, 2.75) is 15.0 Å². The lowest BCUT2D eigenvalue weighted by molar-refractivity contribution is -0.115. The number of hydrogen-bond donors (Lipinski definition) is 1. The van der Waals surface area contributed by atoms with Gasteiger partial charge < -0.3 is 5.32 Å². The fourth-order valence-corrected chi connectivity index (χ4v) is 5.57. The third-order valence-electron chi connectivity index (χ3n) is 4.36. The van der Waals surface area contributed by atoms with Crippen LogP contribution in [0.15, 0.2) is 88.7 Å². The molecule has 0 aliphatic rings. The minimum absolute atomic E-state index is 0.183. The second-order valence-corrected chi connectivity index (χ2v) is 10.9. The Morgan fingerprint density at radius 1 is 1.00 bits per heavy atom. The van der Waals surface area contributed by atoms with Crippen molar-refractivity contribution in [2.75, 3.05) is 11.6 Å². The molecule has 1 heterocycles. The van der Waals surface area contributed by atoms with Crippen molar-refractivity contribution in [3.05, 3.63) is 84.4 Å². The molecule has 0 saturated heterocycles. The number of carbonyl (C=O) groups excluding carboxylic acids is 1. The maximum atomic E-state index is 13.2. The van der Waals surface area contributed by atoms with Crippen LogP contribution in [-0.4, -0.2) is 25.6 Å². The number of amides is 1. The monoisotopic (exact) mass is 454 g/mol. The molecular formula is C22H18N2O3S3. The normalized spacial score (nSPS) is 12.6. The first kappa shape index (κ1) is 20.6. The molecule has 1 aromatic heterocycles. The summed E-state index contributed by atoms with van der Waals surface area (Å²) in [7, 11) is -3.30. The number of nitrogens with zero attached hydrogens (tertiary/aromatic N) is 1. The Balaban J connectivity index is 1.62. The lowest BCUT2D eigenvalue weighted by Gasteiger charge is -2.16. The van der Waals surface area contributed by atoms with Gasteiger partial charge in [-0.1, -0.05) is 59.9 Å². The Labute approximate surface area is 183 Å². The molecule has 0 aliphatic heterocycles. The summed E-state index contributed by atoms with van der Waals surface area (Å²) in [5.74, 6) is -0.183. The number of rotatable bonds is 6. The first-order chi connectivity index (χ1) is 14.4. The van der Waals surface area contributed by atoms with E-state index in [0.29, 0.717) is 15.3 Å². The van der Waals surface area contributed by atoms with E-state index in [0.717, 1.165) is 10.5 Å². The molecule has 30 heavy (non-hydrogen) atoms. The highest BCUT2D eigenvalue weighted by Gasteiger charge is 2.23. The summed E-state index contributed by atoms with van der Waals surface area (Å²) >= 11 is 2.73. The predicted octanol–water partition coefficient (Wildman–Crippen LogP) is 5.17. The van der Waals surface area contributed by atoms with Gasteiger partial charge in [0.15, 0.2) is 15.0 Å². The van der Waals surface area contributed by atoms with Crippen LogP contribution in [0.4, 0.5) is 5.13 Å². The number of benzene rings is 3. The number of fused-ring (bicyclic) bond motifs is 1. The van der Waals surface area contributed by atoms with Gasteiger partial charge in [0.2, 0.25) is 5.91 Å². The third-order valence-corrected chi connectivity index (χ3v) is 7.67. The van der Waals surface area contributed by atoms with E-state index in [9.17, 15) is 13.2 Å². The maximum absolute atomic E-state index is 13.2. The van der Waals surface area contributed by atoms with Crippen LogP contribution >= 0.6 is 23.1 Å². The number of thioether (sulfide) groups is 1. The van der Waals surface area contributed by atoms with Gasteiger partial charge >= 0.3 is 0 Å². The first-order valence-corrected chi connectivity index (χ1v) is 12.7. The molecule has 8 heteroatoms. The first-order valence-electron chi connectivity index (χ1n) is 9.08. The number of thiazole rings is 1. The molecule has 0 radical (unpaired) electrons. The van der Waals surface area contributed by atoms with Gasteiger partial charge in [0, 0.05) is 11.2 Å². The Hall–Kier alpha value is -2.68. The van der Waals surface area contributed by atoms with Crippen molar-refractivity contribution in [1.82, 2.24) is 4.98 Å². The molecule has 0 aliphatic carbocycles. The average Bonchev–Trinajstić information content (AvgIpc) is 3.14. The van der Waals surface area contributed by atoms with Gasteiger partial charge in [-0.3, -0.25) is 4.79 Å². The number of carbonyl (C=O) groups is 1. The van der Waals surface area contributed by atoms with Crippen molar-refractivity contribution in [3.8, 4) is 0 Å². The minimum Gasteiger partial charge on any atom is -0.301 e. The number of sulfone groups is 1. The Kier molecular flexibility index (Phi) is 5.90. The summed E-state index contributed by atoms with van der Waals surface area (Å²) in [5, 5.41) is 2.89. The van der Waals surface area contributed by atoms with Crippen LogP contribution < -0.4 is 5.32 Å². The van der Waals surface area contributed by atoms with Crippen LogP contribution in [0.5, 0.6) is 0 Å². The second kappa shape index (κ2) is 8.59. The quantitative estimate of drug-likeness (QED) is 0.407. The van der Waals surface area contributed by atoms with Crippen molar-refractivity contribution < 1.29 is 13.2 Å². The number of hydrogen-bond acceptors (Lipinski definition) is 6. The molecule has 0 saturated carbocycles. The van der Waals surface area contributed by atoms with Gasteiger partial charge in [-0.15, -0.1) is 11.8 Å². The van der Waals surface area contributed by atoms with Gasteiger partial charge in [0.1, 0.15) is 5.25 Å². The van der Waals surface area contributed by atoms with Gasteiger partial charge in [-0.2, -0.15) is 0 Å². The van der Waals surface area contributed by atoms with Gasteiger partial charge in [-0.25, -0.2) is 13.4 Å². The predicted molar refractivity (Wildman–Crippen MR) is 123 cm³/mol. The third kappa shape index (κ3) is 4.72. The van der Waals surface area contributed by atoms with E-state index in [1.54, 1.807) is 12.1 Å². The Bertz CT molecular complexity index is 1290. The highest BCUT2D eigenvalue weighted by molar-refractivity contribution is 8.00. The van der Waals surface area contributed by atoms with Crippen LogP contribution in [0.1, 0.15) is 10.8 Å². The van der Waals surface area contributed by atoms with Gasteiger partial charge in [0.25, 0.3) is 0 Å². The van der Waals surface area contributed by atoms with Crippen LogP contribution in [0.2, 0.25) is 0 Å². The molecule has 3 aromatic carbocycles. The number of anilines is 1. The van der Waals surface area contributed by atoms with E-state index < -0.39 is 15.1 Å². The summed E-state index contributed by atoms with van der Waals surface area (Å²) in [6.07, 6.45) is 1.17. The molecule has 4 rings (SSSR count). The Morgan fingerprint density at radius 3 is 2.33 bits per heavy atom. The van der Waals surface area contributed by atoms with Crippen molar-refractivity contribution >= 4 is 54.2 Å². The molecule has 0 unspecified atom stereocenters. The Morgan fingerprint density at radius 2 is 1.67 bits per heavy atom. The summed E-state index contributed by atoms with van der Waals surface area (Å²) < 4.78 is 24.3. The molecular weight excluding hydrogens is 436 g/mol. The van der Waals surface area contributed by atoms with Crippen molar-refractivity contribution in [1.29, 1.82) is 0 Å².